The quantitative estimate of drug-likeness (QED) is 0.563. The first-order valence-electron chi connectivity index (χ1n) is 7.63. The van der Waals surface area contributed by atoms with E-state index in [9.17, 15) is 0 Å². The van der Waals surface area contributed by atoms with Gasteiger partial charge in [0.05, 0.1) is 0 Å². The van der Waals surface area contributed by atoms with Crippen LogP contribution in [0, 0.1) is 0 Å². The Labute approximate surface area is 152 Å². The van der Waals surface area contributed by atoms with Crippen molar-refractivity contribution in [2.24, 2.45) is 0 Å². The Balaban J connectivity index is 0.00000110. The van der Waals surface area contributed by atoms with E-state index in [2.05, 4.69) is 32.1 Å². The van der Waals surface area contributed by atoms with Gasteiger partial charge in [-0.05, 0) is 0 Å². The van der Waals surface area contributed by atoms with Crippen molar-refractivity contribution in [3.05, 3.63) is 43.8 Å². The van der Waals surface area contributed by atoms with Crippen LogP contribution in [-0.4, -0.2) is 3.21 Å². The fraction of sp³-hybridized carbons (Fsp3) is 0.500. The monoisotopic (exact) mass is 399 g/mol. The predicted octanol–water partition coefficient (Wildman–Crippen LogP) is -0.906. The van der Waals surface area contributed by atoms with Gasteiger partial charge >= 0.3 is 129 Å². The molecule has 1 saturated carbocycles. The summed E-state index contributed by atoms with van der Waals surface area (Å²) in [6.45, 7) is 4.69. The summed E-state index contributed by atoms with van der Waals surface area (Å²) in [5.41, 5.74) is 6.52. The van der Waals surface area contributed by atoms with Gasteiger partial charge in [0.25, 0.3) is 0 Å². The molecule has 113 valence electrons. The third-order valence-corrected chi connectivity index (χ3v) is 8.52. The van der Waals surface area contributed by atoms with Crippen molar-refractivity contribution in [2.75, 3.05) is 0 Å². The molecule has 3 heteroatoms. The summed E-state index contributed by atoms with van der Waals surface area (Å²) in [7, 11) is 0. The minimum Gasteiger partial charge on any atom is -1.00 e. The van der Waals surface area contributed by atoms with Crippen molar-refractivity contribution < 1.29 is 47.6 Å². The Morgan fingerprint density at radius 2 is 1.71 bits per heavy atom. The fourth-order valence-corrected chi connectivity index (χ4v) is 7.98. The molecule has 1 fully saturated rings. The molecule has 0 saturated heterocycles. The molecule has 21 heavy (non-hydrogen) atoms. The van der Waals surface area contributed by atoms with Crippen molar-refractivity contribution in [2.45, 2.75) is 58.8 Å². The zero-order valence-corrected chi connectivity index (χ0v) is 16.9. The standard InChI is InChI=1S/C12H13.C6H10.2ClH.Zr/c1-9-7-8-12(10(9)2)11-5-3-4-6-11;1-2-4-6-5-3-1;;;/h3-5H,6-7H2,1-2H3;1-5H2;2*1H;/q;;;;+2/p-2. The van der Waals surface area contributed by atoms with Gasteiger partial charge in [0.2, 0.25) is 0 Å². The summed E-state index contributed by atoms with van der Waals surface area (Å²) in [6.07, 6.45) is 16.7. The number of hydrogen-bond acceptors (Lipinski definition) is 0. The van der Waals surface area contributed by atoms with Crippen LogP contribution >= 0.6 is 0 Å². The molecular formula is C18H23Cl2Zr. The first kappa shape index (κ1) is 19.3. The molecule has 0 unspecified atom stereocenters. The molecule has 0 amide bonds. The molecule has 0 nitrogen and oxygen atoms in total. The molecule has 0 aliphatic heterocycles. The normalized spacial score (nSPS) is 21.0. The molecule has 3 aliphatic rings. The molecule has 0 bridgehead atoms. The Morgan fingerprint density at radius 3 is 2.33 bits per heavy atom. The molecule has 0 atom stereocenters. The Hall–Kier alpha value is 0.293. The van der Waals surface area contributed by atoms with Gasteiger partial charge in [-0.2, -0.15) is 0 Å². The van der Waals surface area contributed by atoms with Gasteiger partial charge in [-0.25, -0.2) is 0 Å². The van der Waals surface area contributed by atoms with Gasteiger partial charge in [0, 0.05) is 0 Å². The molecule has 3 rings (SSSR count). The van der Waals surface area contributed by atoms with E-state index in [0.29, 0.717) is 0 Å². The van der Waals surface area contributed by atoms with Crippen LogP contribution in [0.25, 0.3) is 0 Å². The Bertz CT molecular complexity index is 540. The summed E-state index contributed by atoms with van der Waals surface area (Å²) in [6, 6.07) is 0. The minimum absolute atomic E-state index is 0. The molecule has 0 radical (unpaired) electrons. The zero-order valence-electron chi connectivity index (χ0n) is 12.9. The van der Waals surface area contributed by atoms with Gasteiger partial charge in [0.1, 0.15) is 0 Å². The summed E-state index contributed by atoms with van der Waals surface area (Å²) in [5.74, 6) is 0. The van der Waals surface area contributed by atoms with Crippen LogP contribution in [0.4, 0.5) is 0 Å². The second kappa shape index (κ2) is 8.80. The van der Waals surface area contributed by atoms with E-state index in [4.69, 9.17) is 0 Å². The molecule has 0 N–H and O–H groups in total. The van der Waals surface area contributed by atoms with Crippen molar-refractivity contribution in [3.63, 3.8) is 0 Å². The molecule has 0 spiro atoms. The topological polar surface area (TPSA) is 0 Å². The molecule has 0 aromatic heterocycles. The van der Waals surface area contributed by atoms with Crippen molar-refractivity contribution >= 4 is 3.21 Å². The van der Waals surface area contributed by atoms with Gasteiger partial charge < -0.3 is 24.8 Å². The number of hydrogen-bond donors (Lipinski definition) is 0. The van der Waals surface area contributed by atoms with Crippen LogP contribution in [0.1, 0.15) is 58.8 Å². The van der Waals surface area contributed by atoms with E-state index in [1.807, 2.05) is 6.49 Å². The van der Waals surface area contributed by atoms with Crippen molar-refractivity contribution in [1.29, 1.82) is 0 Å². The van der Waals surface area contributed by atoms with Gasteiger partial charge in [0.15, 0.2) is 0 Å². The number of allylic oxidation sites excluding steroid dienone is 8. The van der Waals surface area contributed by atoms with Crippen LogP contribution in [0.5, 0.6) is 0 Å². The molecule has 0 aromatic carbocycles. The van der Waals surface area contributed by atoms with Gasteiger partial charge in [-0.15, -0.1) is 0 Å². The summed E-state index contributed by atoms with van der Waals surface area (Å²) >= 11 is -0.429. The van der Waals surface area contributed by atoms with Crippen molar-refractivity contribution in [3.8, 4) is 0 Å². The first-order valence-corrected chi connectivity index (χ1v) is 10.1. The van der Waals surface area contributed by atoms with E-state index in [-0.39, 0.29) is 24.8 Å². The van der Waals surface area contributed by atoms with E-state index in [0.717, 1.165) is 6.42 Å². The fourth-order valence-electron chi connectivity index (χ4n) is 3.42. The maximum atomic E-state index is 2.35. The average Bonchev–Trinajstić information content (AvgIpc) is 3.01. The zero-order chi connectivity index (χ0) is 13.2. The molecule has 0 heterocycles. The van der Waals surface area contributed by atoms with Crippen LogP contribution < -0.4 is 24.8 Å². The molecule has 0 aromatic rings. The molecular weight excluding hydrogens is 378 g/mol. The average molecular weight is 402 g/mol. The SMILES string of the molecule is CC1=C(C)C(C2=CC=CC2)=[C]([Zr+2]=[C]2CCCCC2)C1.[Cl-].[Cl-]. The largest absolute Gasteiger partial charge is 1.00 e. The summed E-state index contributed by atoms with van der Waals surface area (Å²) < 4.78 is 3.86. The number of rotatable bonds is 2. The predicted molar refractivity (Wildman–Crippen MR) is 79.9 cm³/mol. The maximum absolute atomic E-state index is 2.35. The summed E-state index contributed by atoms with van der Waals surface area (Å²) in [5, 5.41) is 0. The third-order valence-electron chi connectivity index (χ3n) is 4.64. The van der Waals surface area contributed by atoms with Crippen LogP contribution in [0.3, 0.4) is 0 Å². The van der Waals surface area contributed by atoms with Crippen LogP contribution in [0.15, 0.2) is 43.8 Å². The van der Waals surface area contributed by atoms with Gasteiger partial charge in [-0.1, -0.05) is 0 Å². The molecule has 3 aliphatic carbocycles. The number of halogens is 2. The summed E-state index contributed by atoms with van der Waals surface area (Å²) in [4.78, 5) is 0. The van der Waals surface area contributed by atoms with E-state index >= 15 is 0 Å². The van der Waals surface area contributed by atoms with Crippen molar-refractivity contribution in [1.82, 2.24) is 0 Å². The minimum atomic E-state index is -0.429. The smallest absolute Gasteiger partial charge is 1.00 e. The second-order valence-electron chi connectivity index (χ2n) is 6.05. The van der Waals surface area contributed by atoms with Crippen LogP contribution in [-0.2, 0) is 22.8 Å². The van der Waals surface area contributed by atoms with Crippen LogP contribution in [0.2, 0.25) is 0 Å². The second-order valence-corrected chi connectivity index (χ2v) is 9.89. The third kappa shape index (κ3) is 4.40. The van der Waals surface area contributed by atoms with Gasteiger partial charge in [-0.3, -0.25) is 0 Å². The Kier molecular flexibility index (Phi) is 8.11. The maximum Gasteiger partial charge on any atom is -1.00 e. The van der Waals surface area contributed by atoms with E-state index in [1.165, 1.54) is 38.5 Å². The first-order chi connectivity index (χ1) is 9.25. The Morgan fingerprint density at radius 1 is 1.00 bits per heavy atom. The van der Waals surface area contributed by atoms with E-state index in [1.54, 1.807) is 22.3 Å². The van der Waals surface area contributed by atoms with E-state index < -0.39 is 22.8 Å².